The zero-order chi connectivity index (χ0) is 14.4. The third kappa shape index (κ3) is 4.17. The summed E-state index contributed by atoms with van der Waals surface area (Å²) in [6, 6.07) is 15.4. The molecule has 0 aliphatic rings. The number of likely N-dealkylation sites (N-methyl/N-ethyl adjacent to an activating group) is 1. The zero-order valence-electron chi connectivity index (χ0n) is 12.3. The number of thiophene rings is 1. The van der Waals surface area contributed by atoms with Crippen LogP contribution >= 0.6 is 11.3 Å². The van der Waals surface area contributed by atoms with Crippen molar-refractivity contribution in [1.29, 1.82) is 0 Å². The molecule has 0 saturated carbocycles. The fourth-order valence-corrected chi connectivity index (χ4v) is 3.66. The summed E-state index contributed by atoms with van der Waals surface area (Å²) in [7, 11) is 2.18. The van der Waals surface area contributed by atoms with Gasteiger partial charge in [-0.2, -0.15) is 0 Å². The molecule has 0 spiro atoms. The Morgan fingerprint density at radius 2 is 1.90 bits per heavy atom. The van der Waals surface area contributed by atoms with Crippen molar-refractivity contribution >= 4 is 11.3 Å². The van der Waals surface area contributed by atoms with Crippen LogP contribution in [-0.4, -0.2) is 24.5 Å². The van der Waals surface area contributed by atoms with E-state index in [1.807, 2.05) is 0 Å². The zero-order valence-corrected chi connectivity index (χ0v) is 13.1. The summed E-state index contributed by atoms with van der Waals surface area (Å²) in [4.78, 5) is 3.75. The van der Waals surface area contributed by atoms with Gasteiger partial charge >= 0.3 is 0 Å². The van der Waals surface area contributed by atoms with Crippen molar-refractivity contribution in [3.8, 4) is 0 Å². The van der Waals surface area contributed by atoms with Gasteiger partial charge in [-0.3, -0.25) is 4.90 Å². The molecular weight excluding hydrogens is 264 g/mol. The molecule has 2 rings (SSSR count). The van der Waals surface area contributed by atoms with Gasteiger partial charge in [0, 0.05) is 10.9 Å². The molecule has 0 saturated heterocycles. The van der Waals surface area contributed by atoms with Crippen LogP contribution < -0.4 is 5.73 Å². The van der Waals surface area contributed by atoms with Crippen molar-refractivity contribution in [3.05, 3.63) is 58.3 Å². The SMILES string of the molecule is CC(N)C(c1cccs1)N(C)CCCc1ccccc1. The molecule has 0 fully saturated rings. The van der Waals surface area contributed by atoms with Crippen LogP contribution in [0.2, 0.25) is 0 Å². The normalized spacial score (nSPS) is 14.4. The van der Waals surface area contributed by atoms with E-state index in [4.69, 9.17) is 5.73 Å². The lowest BCUT2D eigenvalue weighted by Gasteiger charge is -2.30. The molecule has 108 valence electrons. The van der Waals surface area contributed by atoms with Gasteiger partial charge in [0.05, 0.1) is 6.04 Å². The molecule has 2 aromatic rings. The van der Waals surface area contributed by atoms with E-state index in [2.05, 4.69) is 66.7 Å². The van der Waals surface area contributed by atoms with E-state index < -0.39 is 0 Å². The Morgan fingerprint density at radius 1 is 1.15 bits per heavy atom. The lowest BCUT2D eigenvalue weighted by molar-refractivity contribution is 0.220. The third-order valence-electron chi connectivity index (χ3n) is 3.63. The molecule has 1 aromatic carbocycles. The minimum Gasteiger partial charge on any atom is -0.326 e. The number of hydrogen-bond donors (Lipinski definition) is 1. The van der Waals surface area contributed by atoms with Gasteiger partial charge in [-0.05, 0) is 50.4 Å². The Balaban J connectivity index is 1.88. The highest BCUT2D eigenvalue weighted by Gasteiger charge is 2.21. The molecule has 1 aromatic heterocycles. The Kier molecular flexibility index (Phi) is 5.77. The summed E-state index contributed by atoms with van der Waals surface area (Å²) in [5.74, 6) is 0. The largest absolute Gasteiger partial charge is 0.326 e. The molecule has 2 atom stereocenters. The summed E-state index contributed by atoms with van der Waals surface area (Å²) >= 11 is 1.80. The number of aryl methyl sites for hydroxylation is 1. The van der Waals surface area contributed by atoms with Crippen molar-refractivity contribution in [3.63, 3.8) is 0 Å². The summed E-state index contributed by atoms with van der Waals surface area (Å²) in [5.41, 5.74) is 7.59. The van der Waals surface area contributed by atoms with E-state index in [1.165, 1.54) is 10.4 Å². The predicted molar refractivity (Wildman–Crippen MR) is 88.1 cm³/mol. The lowest BCUT2D eigenvalue weighted by Crippen LogP contribution is -2.37. The summed E-state index contributed by atoms with van der Waals surface area (Å²) < 4.78 is 0. The molecule has 2 unspecified atom stereocenters. The second kappa shape index (κ2) is 7.58. The summed E-state index contributed by atoms with van der Waals surface area (Å²) in [5, 5.41) is 2.13. The first-order valence-corrected chi connectivity index (χ1v) is 8.09. The van der Waals surface area contributed by atoms with Gasteiger partial charge in [0.1, 0.15) is 0 Å². The van der Waals surface area contributed by atoms with Crippen LogP contribution in [-0.2, 0) is 6.42 Å². The summed E-state index contributed by atoms with van der Waals surface area (Å²) in [6.45, 7) is 3.16. The molecular formula is C17H24N2S. The van der Waals surface area contributed by atoms with Crippen LogP contribution in [0.25, 0.3) is 0 Å². The molecule has 0 aliphatic carbocycles. The van der Waals surface area contributed by atoms with E-state index in [9.17, 15) is 0 Å². The molecule has 0 bridgehead atoms. The predicted octanol–water partition coefficient (Wildman–Crippen LogP) is 3.70. The smallest absolute Gasteiger partial charge is 0.0588 e. The molecule has 0 radical (unpaired) electrons. The number of rotatable bonds is 7. The third-order valence-corrected chi connectivity index (χ3v) is 4.57. The van der Waals surface area contributed by atoms with Crippen molar-refractivity contribution in [1.82, 2.24) is 4.90 Å². The highest BCUT2D eigenvalue weighted by molar-refractivity contribution is 7.10. The van der Waals surface area contributed by atoms with Gasteiger partial charge in [0.15, 0.2) is 0 Å². The fourth-order valence-electron chi connectivity index (χ4n) is 2.65. The molecule has 2 nitrogen and oxygen atoms in total. The van der Waals surface area contributed by atoms with E-state index in [0.717, 1.165) is 19.4 Å². The van der Waals surface area contributed by atoms with Gasteiger partial charge in [0.2, 0.25) is 0 Å². The second-order valence-corrected chi connectivity index (χ2v) is 6.37. The Bertz CT molecular complexity index is 479. The first-order chi connectivity index (χ1) is 9.68. The average Bonchev–Trinajstić information content (AvgIpc) is 2.93. The standard InChI is InChI=1S/C17H24N2S/c1-14(18)17(16-11-7-13-20-16)19(2)12-6-10-15-8-4-3-5-9-15/h3-5,7-9,11,13-14,17H,6,10,12,18H2,1-2H3. The molecule has 1 heterocycles. The minimum absolute atomic E-state index is 0.148. The van der Waals surface area contributed by atoms with Crippen LogP contribution in [0.3, 0.4) is 0 Å². The number of hydrogen-bond acceptors (Lipinski definition) is 3. The highest BCUT2D eigenvalue weighted by atomic mass is 32.1. The molecule has 0 aliphatic heterocycles. The summed E-state index contributed by atoms with van der Waals surface area (Å²) in [6.07, 6.45) is 2.29. The first-order valence-electron chi connectivity index (χ1n) is 7.21. The van der Waals surface area contributed by atoms with Crippen molar-refractivity contribution < 1.29 is 0 Å². The van der Waals surface area contributed by atoms with Gasteiger partial charge in [0.25, 0.3) is 0 Å². The number of benzene rings is 1. The monoisotopic (exact) mass is 288 g/mol. The number of nitrogens with two attached hydrogens (primary N) is 1. The van der Waals surface area contributed by atoms with Crippen LogP contribution in [0, 0.1) is 0 Å². The molecule has 2 N–H and O–H groups in total. The maximum absolute atomic E-state index is 6.18. The number of nitrogens with zero attached hydrogens (tertiary/aromatic N) is 1. The van der Waals surface area contributed by atoms with E-state index in [1.54, 1.807) is 11.3 Å². The maximum atomic E-state index is 6.18. The quantitative estimate of drug-likeness (QED) is 0.841. The van der Waals surface area contributed by atoms with Crippen LogP contribution in [0.4, 0.5) is 0 Å². The van der Waals surface area contributed by atoms with Crippen molar-refractivity contribution in [2.45, 2.75) is 31.8 Å². The van der Waals surface area contributed by atoms with Gasteiger partial charge in [-0.15, -0.1) is 11.3 Å². The van der Waals surface area contributed by atoms with Gasteiger partial charge < -0.3 is 5.73 Å². The van der Waals surface area contributed by atoms with Crippen molar-refractivity contribution in [2.75, 3.05) is 13.6 Å². The van der Waals surface area contributed by atoms with Crippen LogP contribution in [0.5, 0.6) is 0 Å². The first kappa shape index (κ1) is 15.2. The topological polar surface area (TPSA) is 29.3 Å². The second-order valence-electron chi connectivity index (χ2n) is 5.39. The Hall–Kier alpha value is -1.16. The lowest BCUT2D eigenvalue weighted by atomic mass is 10.1. The van der Waals surface area contributed by atoms with E-state index in [0.29, 0.717) is 6.04 Å². The fraction of sp³-hybridized carbons (Fsp3) is 0.412. The Morgan fingerprint density at radius 3 is 2.50 bits per heavy atom. The van der Waals surface area contributed by atoms with Crippen LogP contribution in [0.1, 0.15) is 29.8 Å². The van der Waals surface area contributed by atoms with Crippen molar-refractivity contribution in [2.24, 2.45) is 5.73 Å². The molecule has 0 amide bonds. The van der Waals surface area contributed by atoms with Gasteiger partial charge in [-0.25, -0.2) is 0 Å². The average molecular weight is 288 g/mol. The van der Waals surface area contributed by atoms with Gasteiger partial charge in [-0.1, -0.05) is 36.4 Å². The van der Waals surface area contributed by atoms with E-state index >= 15 is 0 Å². The van der Waals surface area contributed by atoms with Crippen LogP contribution in [0.15, 0.2) is 47.8 Å². The molecule has 3 heteroatoms. The highest BCUT2D eigenvalue weighted by Crippen LogP contribution is 2.26. The molecule has 20 heavy (non-hydrogen) atoms. The van der Waals surface area contributed by atoms with E-state index in [-0.39, 0.29) is 6.04 Å². The maximum Gasteiger partial charge on any atom is 0.0588 e. The minimum atomic E-state index is 0.148. The Labute approximate surface area is 126 Å².